The second kappa shape index (κ2) is 16.6. The molecule has 13 heteroatoms. The summed E-state index contributed by atoms with van der Waals surface area (Å²) in [6.45, 7) is 1.52. The quantitative estimate of drug-likeness (QED) is 0.141. The Balaban J connectivity index is 5.33. The van der Waals surface area contributed by atoms with Crippen LogP contribution in [0.1, 0.15) is 33.1 Å². The largest absolute Gasteiger partial charge is 0.480 e. The Hall–Kier alpha value is -3.03. The third-order valence-electron chi connectivity index (χ3n) is 5.12. The highest BCUT2D eigenvalue weighted by atomic mass is 16.4. The van der Waals surface area contributed by atoms with Gasteiger partial charge in [0, 0.05) is 26.2 Å². The molecule has 0 aromatic carbocycles. The molecular weight excluding hydrogens is 454 g/mol. The monoisotopic (exact) mass is 489 g/mol. The summed E-state index contributed by atoms with van der Waals surface area (Å²) in [6, 6.07) is -1.08. The van der Waals surface area contributed by atoms with E-state index in [2.05, 4.69) is 0 Å². The summed E-state index contributed by atoms with van der Waals surface area (Å²) in [5.41, 5.74) is 1.08. The van der Waals surface area contributed by atoms with Gasteiger partial charge in [-0.2, -0.15) is 0 Å². The zero-order valence-corrected chi connectivity index (χ0v) is 19.6. The second-order valence-corrected chi connectivity index (χ2v) is 7.91. The van der Waals surface area contributed by atoms with Crippen molar-refractivity contribution in [2.75, 3.05) is 52.4 Å². The molecule has 0 aliphatic rings. The van der Waals surface area contributed by atoms with Crippen LogP contribution in [0.3, 0.4) is 0 Å². The average Bonchev–Trinajstić information content (AvgIpc) is 2.70. The van der Waals surface area contributed by atoms with Crippen molar-refractivity contribution >= 4 is 29.8 Å². The van der Waals surface area contributed by atoms with Gasteiger partial charge in [-0.1, -0.05) is 11.6 Å². The number of allylic oxidation sites excluding steroid dienone is 2. The van der Waals surface area contributed by atoms with Crippen LogP contribution >= 0.6 is 0 Å². The van der Waals surface area contributed by atoms with Gasteiger partial charge in [0.05, 0.1) is 26.2 Å². The van der Waals surface area contributed by atoms with Gasteiger partial charge in [-0.05, 0) is 33.1 Å². The van der Waals surface area contributed by atoms with Gasteiger partial charge < -0.3 is 25.5 Å². The van der Waals surface area contributed by atoms with Crippen LogP contribution in [0.25, 0.3) is 0 Å². The predicted molar refractivity (Wildman–Crippen MR) is 120 cm³/mol. The molecular formula is C21H35N3O10. The van der Waals surface area contributed by atoms with E-state index in [1.54, 1.807) is 0 Å². The van der Waals surface area contributed by atoms with Crippen LogP contribution in [-0.4, -0.2) is 128 Å². The molecule has 0 aromatic rings. The van der Waals surface area contributed by atoms with Crippen molar-refractivity contribution in [3.05, 3.63) is 11.6 Å². The summed E-state index contributed by atoms with van der Waals surface area (Å²) >= 11 is 0. The summed E-state index contributed by atoms with van der Waals surface area (Å²) in [5, 5.41) is 46.0. The standard InChI is InChI=1S/C21H35N3O10/c1-3-15(2)5-4-6-16(21(33)34)24(14-20(31)32)10-9-22(11-17(25)26)7-8-23(12-18(27)28)13-19(29)30/h3,16H,4-14H2,1-2H3,(H,25,26)(H,27,28)(H,29,30)(H,31,32)(H,33,34). The lowest BCUT2D eigenvalue weighted by Crippen LogP contribution is -2.49. The van der Waals surface area contributed by atoms with Crippen LogP contribution in [0, 0.1) is 0 Å². The lowest BCUT2D eigenvalue weighted by molar-refractivity contribution is -0.147. The van der Waals surface area contributed by atoms with Crippen LogP contribution < -0.4 is 0 Å². The number of hydrogen-bond acceptors (Lipinski definition) is 8. The number of aliphatic carboxylic acids is 5. The number of rotatable bonds is 20. The van der Waals surface area contributed by atoms with Crippen molar-refractivity contribution in [1.82, 2.24) is 14.7 Å². The molecule has 0 aromatic heterocycles. The molecule has 0 radical (unpaired) electrons. The summed E-state index contributed by atoms with van der Waals surface area (Å²) in [4.78, 5) is 60.1. The highest BCUT2D eigenvalue weighted by molar-refractivity contribution is 5.75. The SMILES string of the molecule is CC=C(C)CCCC(C(=O)O)N(CCN(CCN(CC(=O)O)CC(=O)O)CC(=O)O)CC(=O)O. The van der Waals surface area contributed by atoms with Crippen LogP contribution in [0.4, 0.5) is 0 Å². The Morgan fingerprint density at radius 2 is 1.15 bits per heavy atom. The first-order chi connectivity index (χ1) is 15.8. The van der Waals surface area contributed by atoms with E-state index in [1.807, 2.05) is 19.9 Å². The van der Waals surface area contributed by atoms with Gasteiger partial charge in [0.2, 0.25) is 0 Å². The lowest BCUT2D eigenvalue weighted by Gasteiger charge is -2.31. The maximum atomic E-state index is 11.8. The summed E-state index contributed by atoms with van der Waals surface area (Å²) in [7, 11) is 0. The number of carboxylic acid groups (broad SMARTS) is 5. The van der Waals surface area contributed by atoms with Gasteiger partial charge >= 0.3 is 29.8 Å². The third-order valence-corrected chi connectivity index (χ3v) is 5.12. The molecule has 194 valence electrons. The average molecular weight is 490 g/mol. The summed E-state index contributed by atoms with van der Waals surface area (Å²) in [5.74, 6) is -6.08. The first kappa shape index (κ1) is 31.0. The maximum Gasteiger partial charge on any atom is 0.320 e. The predicted octanol–water partition coefficient (Wildman–Crippen LogP) is -0.179. The Labute approximate surface area is 197 Å². The van der Waals surface area contributed by atoms with Gasteiger partial charge in [-0.25, -0.2) is 0 Å². The van der Waals surface area contributed by atoms with Crippen molar-refractivity contribution in [3.8, 4) is 0 Å². The molecule has 0 heterocycles. The molecule has 13 nitrogen and oxygen atoms in total. The molecule has 1 unspecified atom stereocenters. The molecule has 5 N–H and O–H groups in total. The van der Waals surface area contributed by atoms with Crippen molar-refractivity contribution in [1.29, 1.82) is 0 Å². The molecule has 0 rings (SSSR count). The normalized spacial score (nSPS) is 12.8. The van der Waals surface area contributed by atoms with Crippen LogP contribution in [0.5, 0.6) is 0 Å². The van der Waals surface area contributed by atoms with E-state index in [1.165, 1.54) is 9.80 Å². The second-order valence-electron chi connectivity index (χ2n) is 7.91. The van der Waals surface area contributed by atoms with E-state index >= 15 is 0 Å². The fourth-order valence-electron chi connectivity index (χ4n) is 3.31. The Kier molecular flexibility index (Phi) is 15.1. The number of carboxylic acids is 5. The summed E-state index contributed by atoms with van der Waals surface area (Å²) in [6.07, 6.45) is 3.31. The van der Waals surface area contributed by atoms with E-state index in [0.717, 1.165) is 10.5 Å². The van der Waals surface area contributed by atoms with E-state index in [4.69, 9.17) is 10.2 Å². The van der Waals surface area contributed by atoms with Crippen LogP contribution in [0.15, 0.2) is 11.6 Å². The van der Waals surface area contributed by atoms with E-state index in [0.29, 0.717) is 12.8 Å². The first-order valence-electron chi connectivity index (χ1n) is 10.8. The van der Waals surface area contributed by atoms with Crippen molar-refractivity contribution < 1.29 is 49.5 Å². The smallest absolute Gasteiger partial charge is 0.320 e. The van der Waals surface area contributed by atoms with Crippen LogP contribution in [-0.2, 0) is 24.0 Å². The van der Waals surface area contributed by atoms with Gasteiger partial charge in [0.15, 0.2) is 0 Å². The molecule has 0 fully saturated rings. The van der Waals surface area contributed by atoms with Crippen molar-refractivity contribution in [2.45, 2.75) is 39.2 Å². The molecule has 0 aliphatic carbocycles. The molecule has 1 atom stereocenters. The zero-order valence-electron chi connectivity index (χ0n) is 19.6. The zero-order chi connectivity index (χ0) is 26.3. The molecule has 0 amide bonds. The molecule has 0 aliphatic heterocycles. The minimum atomic E-state index is -1.24. The lowest BCUT2D eigenvalue weighted by atomic mass is 10.0. The Morgan fingerprint density at radius 1 is 0.706 bits per heavy atom. The first-order valence-corrected chi connectivity index (χ1v) is 10.8. The third kappa shape index (κ3) is 14.9. The Bertz CT molecular complexity index is 724. The molecule has 0 bridgehead atoms. The highest BCUT2D eigenvalue weighted by Crippen LogP contribution is 2.13. The fourth-order valence-corrected chi connectivity index (χ4v) is 3.31. The molecule has 0 saturated heterocycles. The maximum absolute atomic E-state index is 11.8. The Morgan fingerprint density at radius 3 is 1.59 bits per heavy atom. The fraction of sp³-hybridized carbons (Fsp3) is 0.667. The van der Waals surface area contributed by atoms with E-state index in [9.17, 15) is 39.3 Å². The van der Waals surface area contributed by atoms with Gasteiger partial charge in [-0.3, -0.25) is 38.7 Å². The molecule has 34 heavy (non-hydrogen) atoms. The molecule has 0 spiro atoms. The van der Waals surface area contributed by atoms with Gasteiger partial charge in [0.25, 0.3) is 0 Å². The van der Waals surface area contributed by atoms with Gasteiger partial charge in [0.1, 0.15) is 6.04 Å². The van der Waals surface area contributed by atoms with E-state index in [-0.39, 0.29) is 32.6 Å². The number of nitrogens with zero attached hydrogens (tertiary/aromatic N) is 3. The van der Waals surface area contributed by atoms with Crippen LogP contribution in [0.2, 0.25) is 0 Å². The highest BCUT2D eigenvalue weighted by Gasteiger charge is 2.27. The molecule has 0 saturated carbocycles. The summed E-state index contributed by atoms with van der Waals surface area (Å²) < 4.78 is 0. The number of hydrogen-bond donors (Lipinski definition) is 5. The minimum Gasteiger partial charge on any atom is -0.480 e. The van der Waals surface area contributed by atoms with Crippen molar-refractivity contribution in [3.63, 3.8) is 0 Å². The van der Waals surface area contributed by atoms with Crippen molar-refractivity contribution in [2.24, 2.45) is 0 Å². The van der Waals surface area contributed by atoms with Gasteiger partial charge in [-0.15, -0.1) is 0 Å². The number of carbonyl (C=O) groups is 5. The minimum absolute atomic E-state index is 0.00794. The topological polar surface area (TPSA) is 196 Å². The van der Waals surface area contributed by atoms with E-state index < -0.39 is 62.1 Å².